The number of rotatable bonds is 2. The second-order valence-corrected chi connectivity index (χ2v) is 11.7. The maximum atomic E-state index is 2.54. The normalized spacial score (nSPS) is 12.7. The van der Waals surface area contributed by atoms with Crippen LogP contribution in [0.25, 0.3) is 60.1 Å². The molecule has 0 atom stereocenters. The van der Waals surface area contributed by atoms with E-state index in [0.717, 1.165) is 6.42 Å². The van der Waals surface area contributed by atoms with Gasteiger partial charge in [-0.1, -0.05) is 69.3 Å². The van der Waals surface area contributed by atoms with Gasteiger partial charge in [-0.25, -0.2) is 4.57 Å². The average molecular weight is 468 g/mol. The topological polar surface area (TPSA) is 8.29 Å². The van der Waals surface area contributed by atoms with Gasteiger partial charge < -0.3 is 4.40 Å². The molecule has 0 N–H and O–H groups in total. The first-order valence-electron chi connectivity index (χ1n) is 12.9. The number of aryl methyl sites for hydroxylation is 2. The molecule has 0 aliphatic rings. The third kappa shape index (κ3) is 3.00. The number of pyridine rings is 2. The molecular weight excluding hydrogens is 436 g/mol. The number of aromatic nitrogens is 2. The summed E-state index contributed by atoms with van der Waals surface area (Å²) in [5, 5.41) is 6.66. The Morgan fingerprint density at radius 1 is 0.750 bits per heavy atom. The summed E-state index contributed by atoms with van der Waals surface area (Å²) in [6.07, 6.45) is 3.28. The maximum Gasteiger partial charge on any atom is 0.224 e. The molecule has 0 radical (unpaired) electrons. The highest BCUT2D eigenvalue weighted by Gasteiger charge is 2.24. The van der Waals surface area contributed by atoms with Crippen molar-refractivity contribution in [3.63, 3.8) is 0 Å². The van der Waals surface area contributed by atoms with Crippen LogP contribution in [0.5, 0.6) is 0 Å². The van der Waals surface area contributed by atoms with Gasteiger partial charge in [0.05, 0.1) is 27.3 Å². The molecule has 3 aromatic heterocycles. The van der Waals surface area contributed by atoms with E-state index < -0.39 is 0 Å². The first-order chi connectivity index (χ1) is 17.3. The van der Waals surface area contributed by atoms with Crippen molar-refractivity contribution in [1.82, 2.24) is 4.40 Å². The lowest BCUT2D eigenvalue weighted by Crippen LogP contribution is -2.28. The van der Waals surface area contributed by atoms with Crippen LogP contribution < -0.4 is 4.57 Å². The molecule has 0 saturated carbocycles. The molecule has 7 rings (SSSR count). The lowest BCUT2D eigenvalue weighted by atomic mass is 9.88. The lowest BCUT2D eigenvalue weighted by Gasteiger charge is -2.18. The monoisotopic (exact) mass is 467 g/mol. The molecule has 0 spiro atoms. The minimum absolute atomic E-state index is 0.252. The molecule has 0 fully saturated rings. The maximum absolute atomic E-state index is 2.54. The van der Waals surface area contributed by atoms with E-state index in [0.29, 0.717) is 0 Å². The minimum atomic E-state index is 0.252. The molecule has 4 aromatic carbocycles. The summed E-state index contributed by atoms with van der Waals surface area (Å²) >= 11 is 0. The Labute approximate surface area is 211 Å². The molecule has 0 aliphatic heterocycles. The Morgan fingerprint density at radius 2 is 1.56 bits per heavy atom. The Bertz CT molecular complexity index is 1950. The highest BCUT2D eigenvalue weighted by atomic mass is 15.0. The smallest absolute Gasteiger partial charge is 0.224 e. The van der Waals surface area contributed by atoms with Crippen molar-refractivity contribution in [2.45, 2.75) is 34.1 Å². The molecule has 0 amide bonds. The van der Waals surface area contributed by atoms with E-state index in [9.17, 15) is 0 Å². The second-order valence-electron chi connectivity index (χ2n) is 11.7. The fourth-order valence-corrected chi connectivity index (χ4v) is 6.28. The van der Waals surface area contributed by atoms with Crippen LogP contribution in [0.3, 0.4) is 0 Å². The van der Waals surface area contributed by atoms with E-state index in [1.54, 1.807) is 0 Å². The zero-order chi connectivity index (χ0) is 24.8. The van der Waals surface area contributed by atoms with Gasteiger partial charge in [0.15, 0.2) is 6.20 Å². The van der Waals surface area contributed by atoms with Gasteiger partial charge in [-0.05, 0) is 70.7 Å². The Balaban J connectivity index is 1.73. The molecular formula is C34H31N2+. The molecule has 0 bridgehead atoms. The van der Waals surface area contributed by atoms with Gasteiger partial charge >= 0.3 is 0 Å². The van der Waals surface area contributed by atoms with Crippen LogP contribution in [0.1, 0.15) is 31.9 Å². The summed E-state index contributed by atoms with van der Waals surface area (Å²) in [6, 6.07) is 29.5. The number of hydrogen-bond acceptors (Lipinski definition) is 0. The molecule has 0 saturated heterocycles. The van der Waals surface area contributed by atoms with Crippen LogP contribution in [0, 0.1) is 12.3 Å². The molecule has 7 aromatic rings. The van der Waals surface area contributed by atoms with E-state index in [1.165, 1.54) is 71.3 Å². The Hall–Kier alpha value is -3.91. The number of nitrogens with zero attached hydrogens (tertiary/aromatic N) is 2. The third-order valence-electron chi connectivity index (χ3n) is 7.74. The van der Waals surface area contributed by atoms with Crippen LogP contribution >= 0.6 is 0 Å². The van der Waals surface area contributed by atoms with Crippen molar-refractivity contribution < 1.29 is 4.57 Å². The SMILES string of the molecule is Cc1ccc2c3cc(CC(C)(C)C)ccc3n3c4cc(-c5ccccc5)cc5cc[n+](C)c(c1c23)c54. The van der Waals surface area contributed by atoms with Crippen LogP contribution in [0.15, 0.2) is 85.1 Å². The fourth-order valence-electron chi connectivity index (χ4n) is 6.28. The van der Waals surface area contributed by atoms with Gasteiger partial charge in [-0.2, -0.15) is 0 Å². The summed E-state index contributed by atoms with van der Waals surface area (Å²) in [6.45, 7) is 9.21. The Kier molecular flexibility index (Phi) is 4.34. The highest BCUT2D eigenvalue weighted by Crippen LogP contribution is 2.42. The zero-order valence-corrected chi connectivity index (χ0v) is 21.7. The van der Waals surface area contributed by atoms with E-state index in [1.807, 2.05) is 0 Å². The van der Waals surface area contributed by atoms with E-state index in [-0.39, 0.29) is 5.41 Å². The quantitative estimate of drug-likeness (QED) is 0.137. The van der Waals surface area contributed by atoms with Gasteiger partial charge in [0.25, 0.3) is 0 Å². The van der Waals surface area contributed by atoms with Crippen LogP contribution in [-0.4, -0.2) is 4.40 Å². The standard InChI is InChI=1S/C34H31N2/c1-21-11-13-26-27-17-22(20-34(2,3)4)12-14-28(27)36-29-19-25(23-9-7-6-8-10-23)18-24-15-16-35(5)33(31(24)29)30(21)32(26)36/h6-19H,20H2,1-5H3/q+1. The van der Waals surface area contributed by atoms with Crippen molar-refractivity contribution in [2.75, 3.05) is 0 Å². The summed E-state index contributed by atoms with van der Waals surface area (Å²) in [7, 11) is 2.18. The second kappa shape index (κ2) is 7.30. The van der Waals surface area contributed by atoms with Gasteiger partial charge in [0, 0.05) is 16.8 Å². The number of benzene rings is 4. The molecule has 2 nitrogen and oxygen atoms in total. The molecule has 0 aliphatic carbocycles. The summed E-state index contributed by atoms with van der Waals surface area (Å²) in [4.78, 5) is 0. The van der Waals surface area contributed by atoms with Gasteiger partial charge in [-0.15, -0.1) is 0 Å². The van der Waals surface area contributed by atoms with Crippen LogP contribution in [-0.2, 0) is 13.5 Å². The van der Waals surface area contributed by atoms with Crippen molar-refractivity contribution in [3.05, 3.63) is 96.2 Å². The molecule has 36 heavy (non-hydrogen) atoms. The predicted molar refractivity (Wildman–Crippen MR) is 153 cm³/mol. The molecule has 176 valence electrons. The van der Waals surface area contributed by atoms with Crippen LogP contribution in [0.4, 0.5) is 0 Å². The van der Waals surface area contributed by atoms with Crippen molar-refractivity contribution >= 4 is 49.0 Å². The first-order valence-corrected chi connectivity index (χ1v) is 12.9. The molecule has 3 heterocycles. The molecule has 2 heteroatoms. The van der Waals surface area contributed by atoms with Crippen molar-refractivity contribution in [3.8, 4) is 11.1 Å². The highest BCUT2D eigenvalue weighted by molar-refractivity contribution is 6.26. The van der Waals surface area contributed by atoms with Gasteiger partial charge in [0.2, 0.25) is 5.52 Å². The van der Waals surface area contributed by atoms with Gasteiger partial charge in [-0.3, -0.25) is 0 Å². The van der Waals surface area contributed by atoms with Gasteiger partial charge in [0.1, 0.15) is 7.05 Å². The summed E-state index contributed by atoms with van der Waals surface area (Å²) in [5.41, 5.74) is 10.7. The largest absolute Gasteiger partial charge is 0.307 e. The first kappa shape index (κ1) is 21.4. The van der Waals surface area contributed by atoms with E-state index in [2.05, 4.69) is 129 Å². The fraction of sp³-hybridized carbons (Fsp3) is 0.206. The summed E-state index contributed by atoms with van der Waals surface area (Å²) < 4.78 is 4.84. The lowest BCUT2D eigenvalue weighted by molar-refractivity contribution is -0.643. The summed E-state index contributed by atoms with van der Waals surface area (Å²) in [5.74, 6) is 0. The van der Waals surface area contributed by atoms with E-state index in [4.69, 9.17) is 0 Å². The zero-order valence-electron chi connectivity index (χ0n) is 21.7. The average Bonchev–Trinajstić information content (AvgIpc) is 3.18. The Morgan fingerprint density at radius 3 is 2.33 bits per heavy atom. The number of hydrogen-bond donors (Lipinski definition) is 0. The number of fused-ring (bicyclic) bond motifs is 5. The van der Waals surface area contributed by atoms with Crippen LogP contribution in [0.2, 0.25) is 0 Å². The predicted octanol–water partition coefficient (Wildman–Crippen LogP) is 8.38. The van der Waals surface area contributed by atoms with Crippen molar-refractivity contribution in [2.24, 2.45) is 12.5 Å². The van der Waals surface area contributed by atoms with Crippen molar-refractivity contribution in [1.29, 1.82) is 0 Å². The molecule has 0 unspecified atom stereocenters. The van der Waals surface area contributed by atoms with E-state index >= 15 is 0 Å². The third-order valence-corrected chi connectivity index (χ3v) is 7.74. The minimum Gasteiger partial charge on any atom is -0.307 e.